The average Bonchev–Trinajstić information content (AvgIpc) is 2.52. The largest absolute Gasteiger partial charge is 0.355 e. The number of aromatic nitrogens is 1. The van der Waals surface area contributed by atoms with Crippen molar-refractivity contribution in [2.75, 3.05) is 13.1 Å². The van der Waals surface area contributed by atoms with Gasteiger partial charge in [-0.05, 0) is 6.07 Å². The molecule has 94 valence electrons. The predicted octanol–water partition coefficient (Wildman–Crippen LogP) is 1.20. The van der Waals surface area contributed by atoms with E-state index in [1.54, 1.807) is 7.05 Å². The molecular weight excluding hydrogens is 265 g/mol. The number of rotatable bonds is 4. The Morgan fingerprint density at radius 3 is 2.35 bits per heavy atom. The highest BCUT2D eigenvalue weighted by Crippen LogP contribution is 2.24. The lowest BCUT2D eigenvalue weighted by Crippen LogP contribution is -2.34. The zero-order valence-electron chi connectivity index (χ0n) is 9.51. The minimum atomic E-state index is -0.286. The molecule has 1 heterocycles. The van der Waals surface area contributed by atoms with Gasteiger partial charge in [0.15, 0.2) is 0 Å². The van der Waals surface area contributed by atoms with Crippen LogP contribution in [-0.4, -0.2) is 29.5 Å². The molecular formula is C10H13Cl2N3O2. The molecule has 1 rings (SSSR count). The summed E-state index contributed by atoms with van der Waals surface area (Å²) in [5.41, 5.74) is 0.378. The minimum absolute atomic E-state index is 0.135. The van der Waals surface area contributed by atoms with Crippen molar-refractivity contribution >= 4 is 35.0 Å². The van der Waals surface area contributed by atoms with E-state index in [0.717, 1.165) is 0 Å². The summed E-state index contributed by atoms with van der Waals surface area (Å²) in [5, 5.41) is 5.87. The third kappa shape index (κ3) is 3.64. The van der Waals surface area contributed by atoms with Crippen molar-refractivity contribution in [2.24, 2.45) is 7.05 Å². The molecule has 1 aromatic heterocycles. The van der Waals surface area contributed by atoms with Crippen molar-refractivity contribution < 1.29 is 9.59 Å². The molecule has 2 N–H and O–H groups in total. The van der Waals surface area contributed by atoms with E-state index < -0.39 is 0 Å². The van der Waals surface area contributed by atoms with Gasteiger partial charge in [0.05, 0.1) is 5.02 Å². The van der Waals surface area contributed by atoms with Crippen LogP contribution in [0.5, 0.6) is 0 Å². The smallest absolute Gasteiger partial charge is 0.268 e. The van der Waals surface area contributed by atoms with Gasteiger partial charge in [-0.25, -0.2) is 0 Å². The Bertz CT molecular complexity index is 443. The van der Waals surface area contributed by atoms with Crippen molar-refractivity contribution in [1.29, 1.82) is 0 Å². The molecule has 0 bridgehead atoms. The Morgan fingerprint density at radius 1 is 1.29 bits per heavy atom. The highest BCUT2D eigenvalue weighted by Gasteiger charge is 2.14. The van der Waals surface area contributed by atoms with Crippen molar-refractivity contribution in [2.45, 2.75) is 6.92 Å². The summed E-state index contributed by atoms with van der Waals surface area (Å²) in [7, 11) is 1.65. The SMILES string of the molecule is CC(=O)NCCNC(=O)c1cc(Cl)c(Cl)n1C. The number of nitrogens with zero attached hydrogens (tertiary/aromatic N) is 1. The first-order valence-electron chi connectivity index (χ1n) is 4.97. The molecule has 0 saturated heterocycles. The summed E-state index contributed by atoms with van der Waals surface area (Å²) in [5.74, 6) is -0.421. The van der Waals surface area contributed by atoms with Crippen molar-refractivity contribution in [3.05, 3.63) is 21.9 Å². The van der Waals surface area contributed by atoms with E-state index in [0.29, 0.717) is 29.0 Å². The Hall–Kier alpha value is -1.20. The molecule has 0 atom stereocenters. The van der Waals surface area contributed by atoms with Gasteiger partial charge in [0.1, 0.15) is 10.8 Å². The molecule has 0 aromatic carbocycles. The molecule has 2 amide bonds. The number of hydrogen-bond donors (Lipinski definition) is 2. The number of halogens is 2. The summed E-state index contributed by atoms with van der Waals surface area (Å²) >= 11 is 11.6. The monoisotopic (exact) mass is 277 g/mol. The minimum Gasteiger partial charge on any atom is -0.355 e. The van der Waals surface area contributed by atoms with Crippen LogP contribution in [0.4, 0.5) is 0 Å². The Kier molecular flexibility index (Phi) is 4.84. The molecule has 7 heteroatoms. The van der Waals surface area contributed by atoms with Crippen LogP contribution in [0, 0.1) is 0 Å². The van der Waals surface area contributed by atoms with Gasteiger partial charge < -0.3 is 15.2 Å². The number of nitrogens with one attached hydrogen (secondary N) is 2. The van der Waals surface area contributed by atoms with Crippen LogP contribution in [0.15, 0.2) is 6.07 Å². The van der Waals surface area contributed by atoms with E-state index in [1.807, 2.05) is 0 Å². The first-order chi connectivity index (χ1) is 7.93. The van der Waals surface area contributed by atoms with E-state index in [4.69, 9.17) is 23.2 Å². The van der Waals surface area contributed by atoms with Crippen molar-refractivity contribution in [3.8, 4) is 0 Å². The molecule has 5 nitrogen and oxygen atoms in total. The topological polar surface area (TPSA) is 63.1 Å². The normalized spacial score (nSPS) is 10.1. The summed E-state index contributed by atoms with van der Waals surface area (Å²) in [6.07, 6.45) is 0. The second-order valence-electron chi connectivity index (χ2n) is 3.47. The van der Waals surface area contributed by atoms with Crippen molar-refractivity contribution in [1.82, 2.24) is 15.2 Å². The maximum atomic E-state index is 11.7. The first kappa shape index (κ1) is 13.9. The Morgan fingerprint density at radius 2 is 1.88 bits per heavy atom. The van der Waals surface area contributed by atoms with Crippen LogP contribution < -0.4 is 10.6 Å². The summed E-state index contributed by atoms with van der Waals surface area (Å²) in [6, 6.07) is 1.50. The van der Waals surface area contributed by atoms with E-state index >= 15 is 0 Å². The summed E-state index contributed by atoms with van der Waals surface area (Å²) < 4.78 is 1.50. The average molecular weight is 278 g/mol. The number of carbonyl (C=O) groups excluding carboxylic acids is 2. The summed E-state index contributed by atoms with van der Waals surface area (Å²) in [6.45, 7) is 2.14. The van der Waals surface area contributed by atoms with Crippen LogP contribution in [-0.2, 0) is 11.8 Å². The molecule has 0 fully saturated rings. The van der Waals surface area contributed by atoms with Gasteiger partial charge >= 0.3 is 0 Å². The predicted molar refractivity (Wildman–Crippen MR) is 66.4 cm³/mol. The molecule has 0 saturated carbocycles. The van der Waals surface area contributed by atoms with Crippen LogP contribution in [0.2, 0.25) is 10.2 Å². The molecule has 0 unspecified atom stereocenters. The van der Waals surface area contributed by atoms with Gasteiger partial charge in [0.2, 0.25) is 5.91 Å². The van der Waals surface area contributed by atoms with Gasteiger partial charge in [-0.3, -0.25) is 9.59 Å². The fourth-order valence-corrected chi connectivity index (χ4v) is 1.64. The molecule has 17 heavy (non-hydrogen) atoms. The third-order valence-corrected chi connectivity index (χ3v) is 2.98. The lowest BCUT2D eigenvalue weighted by atomic mass is 10.4. The Balaban J connectivity index is 2.53. The first-order valence-corrected chi connectivity index (χ1v) is 5.72. The maximum Gasteiger partial charge on any atom is 0.268 e. The molecule has 0 aliphatic heterocycles. The maximum absolute atomic E-state index is 11.7. The molecule has 0 aliphatic rings. The highest BCUT2D eigenvalue weighted by atomic mass is 35.5. The van der Waals surface area contributed by atoms with E-state index in [9.17, 15) is 9.59 Å². The zero-order chi connectivity index (χ0) is 13.0. The van der Waals surface area contributed by atoms with Gasteiger partial charge in [0.25, 0.3) is 5.91 Å². The highest BCUT2D eigenvalue weighted by molar-refractivity contribution is 6.41. The van der Waals surface area contributed by atoms with E-state index in [-0.39, 0.29) is 11.8 Å². The van der Waals surface area contributed by atoms with Gasteiger partial charge in [-0.15, -0.1) is 0 Å². The van der Waals surface area contributed by atoms with Crippen LogP contribution in [0.3, 0.4) is 0 Å². The molecule has 0 spiro atoms. The Labute approximate surface area is 109 Å². The standard InChI is InChI=1S/C10H13Cl2N3O2/c1-6(16)13-3-4-14-10(17)8-5-7(11)9(12)15(8)2/h5H,3-4H2,1-2H3,(H,13,16)(H,14,17). The van der Waals surface area contributed by atoms with Crippen LogP contribution >= 0.6 is 23.2 Å². The zero-order valence-corrected chi connectivity index (χ0v) is 11.0. The summed E-state index contributed by atoms with van der Waals surface area (Å²) in [4.78, 5) is 22.3. The quantitative estimate of drug-likeness (QED) is 0.813. The van der Waals surface area contributed by atoms with Gasteiger partial charge in [0, 0.05) is 27.1 Å². The fourth-order valence-electron chi connectivity index (χ4n) is 1.27. The lowest BCUT2D eigenvalue weighted by Gasteiger charge is -2.06. The second kappa shape index (κ2) is 5.93. The van der Waals surface area contributed by atoms with Gasteiger partial charge in [-0.1, -0.05) is 23.2 Å². The number of amides is 2. The van der Waals surface area contributed by atoms with E-state index in [1.165, 1.54) is 17.6 Å². The van der Waals surface area contributed by atoms with Gasteiger partial charge in [-0.2, -0.15) is 0 Å². The molecule has 1 aromatic rings. The number of carbonyl (C=O) groups is 2. The molecule has 0 aliphatic carbocycles. The molecule has 0 radical (unpaired) electrons. The van der Waals surface area contributed by atoms with Crippen LogP contribution in [0.1, 0.15) is 17.4 Å². The number of hydrogen-bond acceptors (Lipinski definition) is 2. The lowest BCUT2D eigenvalue weighted by molar-refractivity contribution is -0.118. The second-order valence-corrected chi connectivity index (χ2v) is 4.23. The van der Waals surface area contributed by atoms with E-state index in [2.05, 4.69) is 10.6 Å². The fraction of sp³-hybridized carbons (Fsp3) is 0.400. The van der Waals surface area contributed by atoms with Crippen LogP contribution in [0.25, 0.3) is 0 Å². The third-order valence-electron chi connectivity index (χ3n) is 2.13. The van der Waals surface area contributed by atoms with Crippen molar-refractivity contribution in [3.63, 3.8) is 0 Å².